The Morgan fingerprint density at radius 2 is 1.23 bits per heavy atom. The van der Waals surface area contributed by atoms with Crippen LogP contribution < -0.4 is 9.47 Å². The summed E-state index contributed by atoms with van der Waals surface area (Å²) < 4.78 is 37.4. The maximum absolute atomic E-state index is 13.8. The zero-order valence-corrected chi connectivity index (χ0v) is 14.5. The van der Waals surface area contributed by atoms with E-state index in [1.807, 2.05) is 0 Å². The van der Waals surface area contributed by atoms with Crippen molar-refractivity contribution in [2.24, 2.45) is 0 Å². The van der Waals surface area contributed by atoms with E-state index in [-0.39, 0.29) is 17.3 Å². The Kier molecular flexibility index (Phi) is 5.16. The number of benzene rings is 2. The molecule has 0 radical (unpaired) electrons. The number of Topliss-reactive ketones (excluding diaryl/α,β-unsaturated/α-hetero) is 1. The van der Waals surface area contributed by atoms with Gasteiger partial charge in [0.25, 0.3) is 0 Å². The second kappa shape index (κ2) is 7.52. The highest BCUT2D eigenvalue weighted by Crippen LogP contribution is 2.31. The van der Waals surface area contributed by atoms with E-state index >= 15 is 0 Å². The molecule has 0 N–H and O–H groups in total. The lowest BCUT2D eigenvalue weighted by molar-refractivity contribution is -0.111. The molecule has 0 saturated heterocycles. The van der Waals surface area contributed by atoms with Crippen LogP contribution >= 0.6 is 0 Å². The van der Waals surface area contributed by atoms with Crippen LogP contribution in [-0.2, 0) is 4.79 Å². The lowest BCUT2D eigenvalue weighted by Crippen LogP contribution is -1.96. The second-order valence-electron chi connectivity index (χ2n) is 5.96. The Morgan fingerprint density at radius 1 is 0.808 bits per heavy atom. The van der Waals surface area contributed by atoms with E-state index in [1.165, 1.54) is 38.5 Å². The number of ether oxygens (including phenoxy) is 2. The molecule has 0 amide bonds. The maximum atomic E-state index is 13.8. The fourth-order valence-electron chi connectivity index (χ4n) is 2.93. The molecule has 3 rings (SSSR count). The van der Waals surface area contributed by atoms with Crippen LogP contribution in [-0.4, -0.2) is 20.0 Å². The number of hydrogen-bond acceptors (Lipinski definition) is 3. The highest BCUT2D eigenvalue weighted by Gasteiger charge is 2.23. The highest BCUT2D eigenvalue weighted by atomic mass is 19.1. The Hall–Kier alpha value is -2.95. The second-order valence-corrected chi connectivity index (χ2v) is 5.96. The van der Waals surface area contributed by atoms with Gasteiger partial charge in [-0.25, -0.2) is 8.78 Å². The number of halogens is 2. The van der Waals surface area contributed by atoms with Gasteiger partial charge in [0.1, 0.15) is 0 Å². The maximum Gasteiger partial charge on any atom is 0.185 e. The van der Waals surface area contributed by atoms with Gasteiger partial charge < -0.3 is 9.47 Å². The molecule has 0 atom stereocenters. The van der Waals surface area contributed by atoms with Gasteiger partial charge in [0.15, 0.2) is 28.9 Å². The summed E-state index contributed by atoms with van der Waals surface area (Å²) in [6.07, 6.45) is 4.49. The lowest BCUT2D eigenvalue weighted by atomic mass is 10.1. The van der Waals surface area contributed by atoms with Crippen LogP contribution in [0.25, 0.3) is 12.2 Å². The fourth-order valence-corrected chi connectivity index (χ4v) is 2.93. The van der Waals surface area contributed by atoms with Crippen LogP contribution in [0.5, 0.6) is 11.5 Å². The van der Waals surface area contributed by atoms with Crippen molar-refractivity contribution in [1.82, 2.24) is 0 Å². The van der Waals surface area contributed by atoms with Crippen molar-refractivity contribution in [3.05, 3.63) is 70.3 Å². The van der Waals surface area contributed by atoms with E-state index in [4.69, 9.17) is 9.47 Å². The van der Waals surface area contributed by atoms with Gasteiger partial charge in [0.05, 0.1) is 14.2 Å². The first kappa shape index (κ1) is 17.9. The van der Waals surface area contributed by atoms with Gasteiger partial charge in [-0.2, -0.15) is 0 Å². The van der Waals surface area contributed by atoms with Crippen molar-refractivity contribution < 1.29 is 23.0 Å². The molecule has 0 heterocycles. The lowest BCUT2D eigenvalue weighted by Gasteiger charge is -2.03. The average molecular weight is 356 g/mol. The minimum atomic E-state index is -0.475. The average Bonchev–Trinajstić information content (AvgIpc) is 2.95. The number of rotatable bonds is 4. The van der Waals surface area contributed by atoms with Gasteiger partial charge in [-0.1, -0.05) is 12.1 Å². The van der Waals surface area contributed by atoms with Crippen molar-refractivity contribution in [2.45, 2.75) is 12.8 Å². The Balaban J connectivity index is 1.83. The fraction of sp³-hybridized carbons (Fsp3) is 0.190. The molecule has 2 aromatic rings. The van der Waals surface area contributed by atoms with Gasteiger partial charge in [-0.15, -0.1) is 0 Å². The summed E-state index contributed by atoms with van der Waals surface area (Å²) >= 11 is 0. The predicted molar refractivity (Wildman–Crippen MR) is 96.1 cm³/mol. The molecule has 0 unspecified atom stereocenters. The van der Waals surface area contributed by atoms with Crippen LogP contribution in [0.4, 0.5) is 8.78 Å². The zero-order chi connectivity index (χ0) is 18.7. The number of methoxy groups -OCH3 is 2. The van der Waals surface area contributed by atoms with Crippen molar-refractivity contribution in [3.63, 3.8) is 0 Å². The van der Waals surface area contributed by atoms with E-state index in [0.717, 1.165) is 0 Å². The van der Waals surface area contributed by atoms with Gasteiger partial charge in [0.2, 0.25) is 0 Å². The number of ketones is 1. The Labute approximate surface area is 150 Å². The monoisotopic (exact) mass is 356 g/mol. The van der Waals surface area contributed by atoms with Crippen molar-refractivity contribution in [1.29, 1.82) is 0 Å². The van der Waals surface area contributed by atoms with Crippen LogP contribution in [0.3, 0.4) is 0 Å². The summed E-state index contributed by atoms with van der Waals surface area (Å²) in [6.45, 7) is 0. The normalized spacial score (nSPS) is 17.2. The minimum Gasteiger partial charge on any atom is -0.494 e. The van der Waals surface area contributed by atoms with Crippen LogP contribution in [0.2, 0.25) is 0 Å². The summed E-state index contributed by atoms with van der Waals surface area (Å²) in [7, 11) is 2.80. The quantitative estimate of drug-likeness (QED) is 0.738. The third-order valence-electron chi connectivity index (χ3n) is 4.28. The summed E-state index contributed by atoms with van der Waals surface area (Å²) in [4.78, 5) is 12.6. The summed E-state index contributed by atoms with van der Waals surface area (Å²) in [5, 5.41) is 0. The zero-order valence-electron chi connectivity index (χ0n) is 14.5. The third-order valence-corrected chi connectivity index (χ3v) is 4.28. The van der Waals surface area contributed by atoms with Gasteiger partial charge in [0, 0.05) is 11.1 Å². The largest absolute Gasteiger partial charge is 0.494 e. The number of carbonyl (C=O) groups is 1. The molecular weight excluding hydrogens is 338 g/mol. The third kappa shape index (κ3) is 3.67. The topological polar surface area (TPSA) is 35.5 Å². The minimum absolute atomic E-state index is 0.0996. The predicted octanol–water partition coefficient (Wildman–Crippen LogP) is 4.81. The first-order chi connectivity index (χ1) is 12.5. The molecule has 3 nitrogen and oxygen atoms in total. The number of hydrogen-bond donors (Lipinski definition) is 0. The van der Waals surface area contributed by atoms with Crippen molar-refractivity contribution >= 4 is 17.9 Å². The van der Waals surface area contributed by atoms with E-state index < -0.39 is 11.6 Å². The van der Waals surface area contributed by atoms with Gasteiger partial charge in [-0.05, 0) is 60.4 Å². The number of carbonyl (C=O) groups excluding carboxylic acids is 1. The van der Waals surface area contributed by atoms with E-state index in [1.54, 1.807) is 24.3 Å². The SMILES string of the molecule is COc1ccc(/C=C2\CC/C(=C\c3ccc(OC)c(F)c3)C2=O)cc1F. The molecule has 1 aliphatic rings. The molecule has 1 fully saturated rings. The highest BCUT2D eigenvalue weighted by molar-refractivity contribution is 6.15. The smallest absolute Gasteiger partial charge is 0.185 e. The summed E-state index contributed by atoms with van der Waals surface area (Å²) in [6, 6.07) is 9.11. The molecular formula is C21H18F2O3. The summed E-state index contributed by atoms with van der Waals surface area (Å²) in [5.74, 6) is -0.731. The van der Waals surface area contributed by atoms with Gasteiger partial charge >= 0.3 is 0 Å². The molecule has 134 valence electrons. The van der Waals surface area contributed by atoms with E-state index in [9.17, 15) is 13.6 Å². The molecule has 0 bridgehead atoms. The van der Waals surface area contributed by atoms with Crippen LogP contribution in [0, 0.1) is 11.6 Å². The molecule has 0 aliphatic heterocycles. The molecule has 5 heteroatoms. The molecule has 1 aliphatic carbocycles. The molecule has 0 spiro atoms. The van der Waals surface area contributed by atoms with Crippen LogP contribution in [0.15, 0.2) is 47.5 Å². The first-order valence-electron chi connectivity index (χ1n) is 8.14. The van der Waals surface area contributed by atoms with Crippen molar-refractivity contribution in [2.75, 3.05) is 14.2 Å². The van der Waals surface area contributed by atoms with Crippen molar-refractivity contribution in [3.8, 4) is 11.5 Å². The van der Waals surface area contributed by atoms with E-state index in [2.05, 4.69) is 0 Å². The van der Waals surface area contributed by atoms with Gasteiger partial charge in [-0.3, -0.25) is 4.79 Å². The molecule has 2 aromatic carbocycles. The number of allylic oxidation sites excluding steroid dienone is 2. The standard InChI is InChI=1S/C21H18F2O3/c1-25-19-7-3-13(11-17(19)22)9-15-5-6-16(21(15)24)10-14-4-8-20(26-2)18(23)12-14/h3-4,7-12H,5-6H2,1-2H3/b15-9+,16-10+. The molecule has 0 aromatic heterocycles. The van der Waals surface area contributed by atoms with E-state index in [0.29, 0.717) is 35.1 Å². The molecule has 1 saturated carbocycles. The van der Waals surface area contributed by atoms with Crippen LogP contribution in [0.1, 0.15) is 24.0 Å². The Morgan fingerprint density at radius 3 is 1.58 bits per heavy atom. The Bertz CT molecular complexity index is 840. The first-order valence-corrected chi connectivity index (χ1v) is 8.14. The summed E-state index contributed by atoms with van der Waals surface area (Å²) in [5.41, 5.74) is 2.41. The molecule has 26 heavy (non-hydrogen) atoms.